The second kappa shape index (κ2) is 7.84. The van der Waals surface area contributed by atoms with Gasteiger partial charge in [-0.1, -0.05) is 12.1 Å². The fourth-order valence-corrected chi connectivity index (χ4v) is 3.97. The van der Waals surface area contributed by atoms with E-state index in [0.29, 0.717) is 23.1 Å². The van der Waals surface area contributed by atoms with Crippen LogP contribution in [0.2, 0.25) is 0 Å². The van der Waals surface area contributed by atoms with Crippen LogP contribution < -0.4 is 5.32 Å². The number of carbonyl (C=O) groups is 2. The van der Waals surface area contributed by atoms with Gasteiger partial charge in [-0.25, -0.2) is 0 Å². The first-order valence-electron chi connectivity index (χ1n) is 9.55. The molecule has 2 heterocycles. The van der Waals surface area contributed by atoms with Gasteiger partial charge >= 0.3 is 5.97 Å². The standard InChI is InChI=1S/C22H22N2O4/c25-21(26)11-14-1-3-15(4-2-14)16-5-7-18(8-6-16)24-22(27)20-12-17-13-23-10-9-19(17)28-20/h5-10,12-15H,1-4,11H2,(H,24,27)(H,25,26). The number of rotatable bonds is 5. The van der Waals surface area contributed by atoms with Crippen LogP contribution in [-0.4, -0.2) is 22.0 Å². The Hall–Kier alpha value is -3.15. The highest BCUT2D eigenvalue weighted by molar-refractivity contribution is 6.04. The van der Waals surface area contributed by atoms with Gasteiger partial charge in [0.2, 0.25) is 0 Å². The summed E-state index contributed by atoms with van der Waals surface area (Å²) < 4.78 is 5.56. The SMILES string of the molecule is O=C(O)CC1CCC(c2ccc(NC(=O)c3cc4cnccc4o3)cc2)CC1. The molecule has 2 aromatic heterocycles. The summed E-state index contributed by atoms with van der Waals surface area (Å²) in [5, 5.41) is 12.6. The van der Waals surface area contributed by atoms with Crippen LogP contribution in [0.5, 0.6) is 0 Å². The maximum Gasteiger partial charge on any atom is 0.303 e. The molecule has 0 spiro atoms. The van der Waals surface area contributed by atoms with Crippen LogP contribution >= 0.6 is 0 Å². The molecule has 0 saturated heterocycles. The molecule has 6 heteroatoms. The Balaban J connectivity index is 1.37. The van der Waals surface area contributed by atoms with Crippen molar-refractivity contribution in [2.24, 2.45) is 5.92 Å². The number of aliphatic carboxylic acids is 1. The van der Waals surface area contributed by atoms with E-state index in [1.165, 1.54) is 5.56 Å². The second-order valence-electron chi connectivity index (χ2n) is 7.42. The Kier molecular flexibility index (Phi) is 5.10. The zero-order valence-corrected chi connectivity index (χ0v) is 15.4. The normalized spacial score (nSPS) is 19.4. The highest BCUT2D eigenvalue weighted by Gasteiger charge is 2.24. The van der Waals surface area contributed by atoms with Gasteiger partial charge in [0.1, 0.15) is 5.58 Å². The molecule has 1 aromatic carbocycles. The summed E-state index contributed by atoms with van der Waals surface area (Å²) in [7, 11) is 0. The smallest absolute Gasteiger partial charge is 0.303 e. The van der Waals surface area contributed by atoms with Crippen molar-refractivity contribution in [2.75, 3.05) is 5.32 Å². The summed E-state index contributed by atoms with van der Waals surface area (Å²) in [6.07, 6.45) is 7.49. The first-order chi connectivity index (χ1) is 13.6. The molecular weight excluding hydrogens is 356 g/mol. The third-order valence-electron chi connectivity index (χ3n) is 5.49. The molecule has 0 bridgehead atoms. The lowest BCUT2D eigenvalue weighted by Gasteiger charge is -2.28. The molecule has 1 fully saturated rings. The van der Waals surface area contributed by atoms with Crippen molar-refractivity contribution >= 4 is 28.5 Å². The molecule has 144 valence electrons. The summed E-state index contributed by atoms with van der Waals surface area (Å²) in [5.74, 6) is 0.00945. The molecule has 1 aliphatic rings. The van der Waals surface area contributed by atoms with Crippen molar-refractivity contribution in [3.05, 3.63) is 60.1 Å². The van der Waals surface area contributed by atoms with Crippen LogP contribution in [0.3, 0.4) is 0 Å². The van der Waals surface area contributed by atoms with Crippen LogP contribution in [0.25, 0.3) is 11.0 Å². The predicted molar refractivity (Wildman–Crippen MR) is 105 cm³/mol. The molecule has 0 atom stereocenters. The summed E-state index contributed by atoms with van der Waals surface area (Å²) in [4.78, 5) is 27.3. The van der Waals surface area contributed by atoms with E-state index in [-0.39, 0.29) is 18.1 Å². The number of hydrogen-bond acceptors (Lipinski definition) is 4. The first-order valence-corrected chi connectivity index (χ1v) is 9.55. The molecule has 1 saturated carbocycles. The van der Waals surface area contributed by atoms with E-state index >= 15 is 0 Å². The van der Waals surface area contributed by atoms with Gasteiger partial charge in [-0.3, -0.25) is 14.6 Å². The lowest BCUT2D eigenvalue weighted by molar-refractivity contribution is -0.138. The van der Waals surface area contributed by atoms with Gasteiger partial charge < -0.3 is 14.8 Å². The van der Waals surface area contributed by atoms with Crippen LogP contribution in [0.4, 0.5) is 5.69 Å². The monoisotopic (exact) mass is 378 g/mol. The number of carbonyl (C=O) groups excluding carboxylic acids is 1. The first kappa shape index (κ1) is 18.2. The number of nitrogens with zero attached hydrogens (tertiary/aromatic N) is 1. The molecule has 1 aliphatic carbocycles. The minimum atomic E-state index is -0.704. The molecular formula is C22H22N2O4. The molecule has 0 unspecified atom stereocenters. The van der Waals surface area contributed by atoms with Crippen molar-refractivity contribution in [3.8, 4) is 0 Å². The molecule has 3 aromatic rings. The number of pyridine rings is 1. The van der Waals surface area contributed by atoms with Crippen molar-refractivity contribution < 1.29 is 19.1 Å². The van der Waals surface area contributed by atoms with Crippen LogP contribution in [-0.2, 0) is 4.79 Å². The van der Waals surface area contributed by atoms with E-state index < -0.39 is 5.97 Å². The summed E-state index contributed by atoms with van der Waals surface area (Å²) in [6.45, 7) is 0. The zero-order chi connectivity index (χ0) is 19.5. The Bertz CT molecular complexity index is 952. The highest BCUT2D eigenvalue weighted by atomic mass is 16.4. The number of benzene rings is 1. The minimum Gasteiger partial charge on any atom is -0.481 e. The van der Waals surface area contributed by atoms with Crippen LogP contribution in [0.1, 0.15) is 54.1 Å². The minimum absolute atomic E-state index is 0.254. The van der Waals surface area contributed by atoms with E-state index in [2.05, 4.69) is 10.3 Å². The Morgan fingerprint density at radius 1 is 1.11 bits per heavy atom. The molecule has 4 rings (SSSR count). The van der Waals surface area contributed by atoms with Gasteiger partial charge in [0.15, 0.2) is 5.76 Å². The topological polar surface area (TPSA) is 92.4 Å². The lowest BCUT2D eigenvalue weighted by Crippen LogP contribution is -2.16. The van der Waals surface area contributed by atoms with E-state index in [9.17, 15) is 9.59 Å². The fourth-order valence-electron chi connectivity index (χ4n) is 3.97. The van der Waals surface area contributed by atoms with Gasteiger partial charge in [0, 0.05) is 29.9 Å². The van der Waals surface area contributed by atoms with Crippen LogP contribution in [0, 0.1) is 5.92 Å². The number of anilines is 1. The van der Waals surface area contributed by atoms with Crippen LogP contribution in [0.15, 0.2) is 53.2 Å². The third kappa shape index (κ3) is 4.06. The summed E-state index contributed by atoms with van der Waals surface area (Å²) in [5.41, 5.74) is 2.59. The molecule has 2 N–H and O–H groups in total. The number of carboxylic acid groups (broad SMARTS) is 1. The number of furan rings is 1. The number of fused-ring (bicyclic) bond motifs is 1. The van der Waals surface area contributed by atoms with E-state index in [4.69, 9.17) is 9.52 Å². The van der Waals surface area contributed by atoms with Crippen molar-refractivity contribution in [1.29, 1.82) is 0 Å². The molecule has 28 heavy (non-hydrogen) atoms. The average molecular weight is 378 g/mol. The molecule has 1 amide bonds. The van der Waals surface area contributed by atoms with E-state index in [1.807, 2.05) is 24.3 Å². The Morgan fingerprint density at radius 2 is 1.86 bits per heavy atom. The summed E-state index contributed by atoms with van der Waals surface area (Å²) >= 11 is 0. The van der Waals surface area contributed by atoms with Crippen molar-refractivity contribution in [3.63, 3.8) is 0 Å². The summed E-state index contributed by atoms with van der Waals surface area (Å²) in [6, 6.07) is 11.3. The van der Waals surface area contributed by atoms with Gasteiger partial charge in [-0.05, 0) is 67.3 Å². The van der Waals surface area contributed by atoms with Gasteiger partial charge in [-0.15, -0.1) is 0 Å². The molecule has 0 aliphatic heterocycles. The number of amides is 1. The Morgan fingerprint density at radius 3 is 2.54 bits per heavy atom. The molecule has 6 nitrogen and oxygen atoms in total. The maximum atomic E-state index is 12.4. The predicted octanol–water partition coefficient (Wildman–Crippen LogP) is 4.83. The van der Waals surface area contributed by atoms with E-state index in [0.717, 1.165) is 31.1 Å². The second-order valence-corrected chi connectivity index (χ2v) is 7.42. The van der Waals surface area contributed by atoms with Gasteiger partial charge in [0.05, 0.1) is 0 Å². The number of hydrogen-bond donors (Lipinski definition) is 2. The van der Waals surface area contributed by atoms with Gasteiger partial charge in [-0.2, -0.15) is 0 Å². The fraction of sp³-hybridized carbons (Fsp3) is 0.318. The largest absolute Gasteiger partial charge is 0.481 e. The van der Waals surface area contributed by atoms with Crippen molar-refractivity contribution in [1.82, 2.24) is 4.98 Å². The number of aromatic nitrogens is 1. The highest BCUT2D eigenvalue weighted by Crippen LogP contribution is 2.37. The molecule has 0 radical (unpaired) electrons. The maximum absolute atomic E-state index is 12.4. The average Bonchev–Trinajstić information content (AvgIpc) is 3.13. The lowest BCUT2D eigenvalue weighted by atomic mass is 9.77. The van der Waals surface area contributed by atoms with Gasteiger partial charge in [0.25, 0.3) is 5.91 Å². The number of nitrogens with one attached hydrogen (secondary N) is 1. The zero-order valence-electron chi connectivity index (χ0n) is 15.4. The number of carboxylic acids is 1. The Labute approximate surface area is 162 Å². The quantitative estimate of drug-likeness (QED) is 0.663. The van der Waals surface area contributed by atoms with Crippen molar-refractivity contribution in [2.45, 2.75) is 38.0 Å². The third-order valence-corrected chi connectivity index (χ3v) is 5.49. The van der Waals surface area contributed by atoms with E-state index in [1.54, 1.807) is 24.5 Å².